The smallest absolute Gasteiger partial charge is 0.317 e. The maximum atomic E-state index is 12.5. The highest BCUT2D eigenvalue weighted by molar-refractivity contribution is 5.81. The Morgan fingerprint density at radius 3 is 2.54 bits per heavy atom. The van der Waals surface area contributed by atoms with Crippen LogP contribution in [0.5, 0.6) is 0 Å². The highest BCUT2D eigenvalue weighted by atomic mass is 16.4. The summed E-state index contributed by atoms with van der Waals surface area (Å²) in [4.78, 5) is 25.0. The van der Waals surface area contributed by atoms with Crippen LogP contribution < -0.4 is 11.1 Å². The van der Waals surface area contributed by atoms with Gasteiger partial charge in [0.25, 0.3) is 0 Å². The molecule has 0 saturated carbocycles. The van der Waals surface area contributed by atoms with Gasteiger partial charge >= 0.3 is 11.1 Å². The van der Waals surface area contributed by atoms with Gasteiger partial charge in [0.2, 0.25) is 0 Å². The van der Waals surface area contributed by atoms with Crippen molar-refractivity contribution in [2.24, 2.45) is 0 Å². The van der Waals surface area contributed by atoms with Crippen LogP contribution in [-0.4, -0.2) is 43.3 Å². The molecule has 7 heteroatoms. The summed E-state index contributed by atoms with van der Waals surface area (Å²) >= 11 is 0. The Bertz CT molecular complexity index is 896. The van der Waals surface area contributed by atoms with Crippen molar-refractivity contribution >= 4 is 11.0 Å². The summed E-state index contributed by atoms with van der Waals surface area (Å²) in [7, 11) is 0. The van der Waals surface area contributed by atoms with Gasteiger partial charge in [-0.05, 0) is 23.5 Å². The zero-order valence-corrected chi connectivity index (χ0v) is 13.8. The second kappa shape index (κ2) is 5.84. The van der Waals surface area contributed by atoms with Gasteiger partial charge in [-0.25, -0.2) is 0 Å². The molecule has 0 saturated heterocycles. The highest BCUT2D eigenvalue weighted by Crippen LogP contribution is 2.36. The molecule has 2 atom stereocenters. The van der Waals surface area contributed by atoms with Crippen LogP contribution in [0.15, 0.2) is 27.8 Å². The van der Waals surface area contributed by atoms with Crippen LogP contribution in [0.25, 0.3) is 11.0 Å². The molecular weight excluding hydrogens is 312 g/mol. The van der Waals surface area contributed by atoms with Crippen molar-refractivity contribution in [3.05, 3.63) is 44.5 Å². The third-order valence-electron chi connectivity index (χ3n) is 4.94. The molecule has 3 N–H and O–H groups in total. The van der Waals surface area contributed by atoms with E-state index in [9.17, 15) is 19.8 Å². The first-order valence-electron chi connectivity index (χ1n) is 8.02. The number of aromatic nitrogens is 2. The van der Waals surface area contributed by atoms with Gasteiger partial charge < -0.3 is 19.9 Å². The van der Waals surface area contributed by atoms with Gasteiger partial charge in [-0.15, -0.1) is 0 Å². The van der Waals surface area contributed by atoms with Crippen molar-refractivity contribution in [3.8, 4) is 0 Å². The van der Waals surface area contributed by atoms with E-state index in [0.29, 0.717) is 17.6 Å². The van der Waals surface area contributed by atoms with E-state index in [1.165, 1.54) is 9.13 Å². The van der Waals surface area contributed by atoms with Crippen LogP contribution >= 0.6 is 0 Å². The van der Waals surface area contributed by atoms with E-state index in [0.717, 1.165) is 12.0 Å². The van der Waals surface area contributed by atoms with Crippen molar-refractivity contribution in [1.29, 1.82) is 0 Å². The van der Waals surface area contributed by atoms with Crippen LogP contribution in [0, 0.1) is 0 Å². The maximum Gasteiger partial charge on any atom is 0.317 e. The third kappa shape index (κ3) is 2.49. The van der Waals surface area contributed by atoms with Crippen LogP contribution in [-0.2, 0) is 18.5 Å². The monoisotopic (exact) mass is 334 g/mol. The number of aryl methyl sites for hydroxylation is 1. The van der Waals surface area contributed by atoms with Crippen LogP contribution in [0.2, 0.25) is 0 Å². The molecule has 0 bridgehead atoms. The molecule has 0 spiro atoms. The van der Waals surface area contributed by atoms with E-state index in [4.69, 9.17) is 5.11 Å². The highest BCUT2D eigenvalue weighted by Gasteiger charge is 2.31. The van der Waals surface area contributed by atoms with Gasteiger partial charge in [0.05, 0.1) is 24.2 Å². The Labute approximate surface area is 138 Å². The molecular formula is C17H22N2O5. The molecule has 24 heavy (non-hydrogen) atoms. The standard InChI is InChI=1S/C17H22N2O5/c1-17(2)6-7-18-14-10(17)4-3-5-11(14)19(16(24)15(18)23)8-12(21)13(22)9-20/h3-5,12-13,20-22H,6-9H2,1-2H3. The van der Waals surface area contributed by atoms with Crippen LogP contribution in [0.1, 0.15) is 25.8 Å². The number of nitrogens with zero attached hydrogens (tertiary/aromatic N) is 2. The molecule has 0 radical (unpaired) electrons. The minimum atomic E-state index is -1.37. The molecule has 130 valence electrons. The molecule has 1 aromatic carbocycles. The topological polar surface area (TPSA) is 105 Å². The molecule has 1 aliphatic heterocycles. The average molecular weight is 334 g/mol. The Hall–Kier alpha value is -1.96. The molecule has 2 aromatic rings. The summed E-state index contributed by atoms with van der Waals surface area (Å²) < 4.78 is 2.70. The third-order valence-corrected chi connectivity index (χ3v) is 4.94. The summed E-state index contributed by atoms with van der Waals surface area (Å²) in [5, 5.41) is 28.5. The quantitative estimate of drug-likeness (QED) is 0.658. The first-order valence-corrected chi connectivity index (χ1v) is 8.02. The summed E-state index contributed by atoms with van der Waals surface area (Å²) in [5.74, 6) is 0. The average Bonchev–Trinajstić information content (AvgIpc) is 2.56. The number of benzene rings is 1. The van der Waals surface area contributed by atoms with Crippen molar-refractivity contribution in [2.45, 2.75) is 51.0 Å². The van der Waals surface area contributed by atoms with E-state index < -0.39 is 29.9 Å². The van der Waals surface area contributed by atoms with E-state index >= 15 is 0 Å². The number of rotatable bonds is 4. The minimum absolute atomic E-state index is 0.128. The molecule has 0 aliphatic carbocycles. The molecule has 7 nitrogen and oxygen atoms in total. The maximum absolute atomic E-state index is 12.5. The molecule has 1 aliphatic rings. The van der Waals surface area contributed by atoms with Gasteiger partial charge in [0.15, 0.2) is 0 Å². The number of hydrogen-bond acceptors (Lipinski definition) is 5. The Morgan fingerprint density at radius 1 is 1.17 bits per heavy atom. The molecule has 0 fully saturated rings. The summed E-state index contributed by atoms with van der Waals surface area (Å²) in [5.41, 5.74) is 0.740. The lowest BCUT2D eigenvalue weighted by atomic mass is 9.78. The fourth-order valence-corrected chi connectivity index (χ4v) is 3.37. The van der Waals surface area contributed by atoms with Gasteiger partial charge in [-0.2, -0.15) is 0 Å². The zero-order chi connectivity index (χ0) is 17.6. The second-order valence-corrected chi connectivity index (χ2v) is 7.00. The normalized spacial score (nSPS) is 18.5. The van der Waals surface area contributed by atoms with Crippen molar-refractivity contribution in [1.82, 2.24) is 9.13 Å². The number of aliphatic hydroxyl groups is 3. The van der Waals surface area contributed by atoms with Gasteiger partial charge in [-0.1, -0.05) is 26.0 Å². The fraction of sp³-hybridized carbons (Fsp3) is 0.529. The predicted molar refractivity (Wildman–Crippen MR) is 89.2 cm³/mol. The minimum Gasteiger partial charge on any atom is -0.394 e. The summed E-state index contributed by atoms with van der Waals surface area (Å²) in [6, 6.07) is 5.51. The van der Waals surface area contributed by atoms with Crippen molar-refractivity contribution in [3.63, 3.8) is 0 Å². The molecule has 1 aromatic heterocycles. The Balaban J connectivity index is 2.30. The summed E-state index contributed by atoms with van der Waals surface area (Å²) in [6.45, 7) is 3.78. The molecule has 2 heterocycles. The SMILES string of the molecule is CC1(C)CCn2c(=O)c(=O)n(CC(O)C(O)CO)c3cccc1c32. The van der Waals surface area contributed by atoms with E-state index in [-0.39, 0.29) is 12.0 Å². The largest absolute Gasteiger partial charge is 0.394 e. The first-order chi connectivity index (χ1) is 11.3. The first kappa shape index (κ1) is 16.9. The summed E-state index contributed by atoms with van der Waals surface area (Å²) in [6.07, 6.45) is -1.96. The number of para-hydroxylation sites is 1. The molecule has 2 unspecified atom stereocenters. The van der Waals surface area contributed by atoms with E-state index in [2.05, 4.69) is 13.8 Å². The Kier molecular flexibility index (Phi) is 4.11. The second-order valence-electron chi connectivity index (χ2n) is 7.00. The zero-order valence-electron chi connectivity index (χ0n) is 13.8. The van der Waals surface area contributed by atoms with Crippen LogP contribution in [0.4, 0.5) is 0 Å². The van der Waals surface area contributed by atoms with Gasteiger partial charge in [-0.3, -0.25) is 14.2 Å². The Morgan fingerprint density at radius 2 is 1.88 bits per heavy atom. The van der Waals surface area contributed by atoms with Gasteiger partial charge in [0, 0.05) is 6.54 Å². The number of aliphatic hydroxyl groups excluding tert-OH is 3. The molecule has 0 amide bonds. The number of hydrogen-bond donors (Lipinski definition) is 3. The van der Waals surface area contributed by atoms with Crippen molar-refractivity contribution < 1.29 is 15.3 Å². The lowest BCUT2D eigenvalue weighted by Crippen LogP contribution is -2.47. The fourth-order valence-electron chi connectivity index (χ4n) is 3.37. The lowest BCUT2D eigenvalue weighted by molar-refractivity contribution is -0.0214. The lowest BCUT2D eigenvalue weighted by Gasteiger charge is -2.33. The molecule has 3 rings (SSSR count). The van der Waals surface area contributed by atoms with Crippen molar-refractivity contribution in [2.75, 3.05) is 6.61 Å². The van der Waals surface area contributed by atoms with E-state index in [1.54, 1.807) is 6.07 Å². The van der Waals surface area contributed by atoms with Gasteiger partial charge in [0.1, 0.15) is 12.2 Å². The van der Waals surface area contributed by atoms with Crippen LogP contribution in [0.3, 0.4) is 0 Å². The van der Waals surface area contributed by atoms with E-state index in [1.807, 2.05) is 12.1 Å². The predicted octanol–water partition coefficient (Wildman–Crippen LogP) is -0.441.